The van der Waals surface area contributed by atoms with Crippen molar-refractivity contribution in [1.82, 2.24) is 9.97 Å². The second-order valence-corrected chi connectivity index (χ2v) is 6.27. The number of para-hydroxylation sites is 3. The molecular weight excluding hydrogens is 340 g/mol. The lowest BCUT2D eigenvalue weighted by molar-refractivity contribution is 0.102. The molecule has 3 aromatic rings. The molecule has 0 saturated heterocycles. The Morgan fingerprint density at radius 2 is 1.70 bits per heavy atom. The first-order valence-electron chi connectivity index (χ1n) is 8.72. The zero-order valence-electron chi connectivity index (χ0n) is 15.6. The van der Waals surface area contributed by atoms with Gasteiger partial charge in [0.05, 0.1) is 24.2 Å². The molecule has 1 heterocycles. The number of nitrogens with zero attached hydrogens (tertiary/aromatic N) is 3. The standard InChI is InChI=1S/C21H22N4O2/c1-15(2)27-19-12-8-7-11-17(19)24-21(26)18-13-23-20(14-22-18)25(3)16-9-5-4-6-10-16/h4-15H,1-3H3,(H,24,26). The van der Waals surface area contributed by atoms with Crippen molar-refractivity contribution in [3.05, 3.63) is 72.7 Å². The van der Waals surface area contributed by atoms with E-state index in [-0.39, 0.29) is 17.7 Å². The molecule has 0 aliphatic rings. The molecule has 0 radical (unpaired) electrons. The normalized spacial score (nSPS) is 10.5. The molecule has 1 N–H and O–H groups in total. The first-order chi connectivity index (χ1) is 13.0. The van der Waals surface area contributed by atoms with Crippen LogP contribution in [0.2, 0.25) is 0 Å². The van der Waals surface area contributed by atoms with E-state index >= 15 is 0 Å². The first-order valence-corrected chi connectivity index (χ1v) is 8.72. The van der Waals surface area contributed by atoms with Crippen molar-refractivity contribution in [2.75, 3.05) is 17.3 Å². The summed E-state index contributed by atoms with van der Waals surface area (Å²) in [5, 5.41) is 2.83. The summed E-state index contributed by atoms with van der Waals surface area (Å²) >= 11 is 0. The third-order valence-corrected chi connectivity index (χ3v) is 3.86. The van der Waals surface area contributed by atoms with Crippen LogP contribution in [0.3, 0.4) is 0 Å². The van der Waals surface area contributed by atoms with Crippen LogP contribution < -0.4 is 15.0 Å². The fraction of sp³-hybridized carbons (Fsp3) is 0.190. The Hall–Kier alpha value is -3.41. The summed E-state index contributed by atoms with van der Waals surface area (Å²) in [5.74, 6) is 0.937. The van der Waals surface area contributed by atoms with Crippen LogP contribution in [0.4, 0.5) is 17.2 Å². The third-order valence-electron chi connectivity index (χ3n) is 3.86. The van der Waals surface area contributed by atoms with Crippen molar-refractivity contribution in [3.8, 4) is 5.75 Å². The van der Waals surface area contributed by atoms with Crippen molar-refractivity contribution in [2.45, 2.75) is 20.0 Å². The Bertz CT molecular complexity index is 896. The van der Waals surface area contributed by atoms with Crippen LogP contribution in [-0.2, 0) is 0 Å². The van der Waals surface area contributed by atoms with E-state index in [0.717, 1.165) is 5.69 Å². The number of anilines is 3. The Morgan fingerprint density at radius 1 is 1.00 bits per heavy atom. The Morgan fingerprint density at radius 3 is 2.37 bits per heavy atom. The largest absolute Gasteiger partial charge is 0.489 e. The highest BCUT2D eigenvalue weighted by atomic mass is 16.5. The predicted octanol–water partition coefficient (Wildman–Crippen LogP) is 4.28. The van der Waals surface area contributed by atoms with Crippen molar-refractivity contribution in [1.29, 1.82) is 0 Å². The van der Waals surface area contributed by atoms with Gasteiger partial charge in [0, 0.05) is 12.7 Å². The van der Waals surface area contributed by atoms with Gasteiger partial charge >= 0.3 is 0 Å². The highest BCUT2D eigenvalue weighted by Gasteiger charge is 2.13. The van der Waals surface area contributed by atoms with Gasteiger partial charge in [-0.05, 0) is 38.1 Å². The molecule has 0 saturated carbocycles. The lowest BCUT2D eigenvalue weighted by Crippen LogP contribution is -2.17. The summed E-state index contributed by atoms with van der Waals surface area (Å²) in [7, 11) is 1.90. The summed E-state index contributed by atoms with van der Waals surface area (Å²) in [6.45, 7) is 3.87. The maximum atomic E-state index is 12.5. The second kappa shape index (κ2) is 8.31. The van der Waals surface area contributed by atoms with Gasteiger partial charge in [0.15, 0.2) is 5.82 Å². The highest BCUT2D eigenvalue weighted by molar-refractivity contribution is 6.03. The van der Waals surface area contributed by atoms with E-state index in [9.17, 15) is 4.79 Å². The zero-order valence-corrected chi connectivity index (χ0v) is 15.6. The maximum Gasteiger partial charge on any atom is 0.275 e. The molecule has 0 fully saturated rings. The molecule has 6 heteroatoms. The van der Waals surface area contributed by atoms with E-state index in [1.807, 2.05) is 74.3 Å². The van der Waals surface area contributed by atoms with E-state index < -0.39 is 0 Å². The summed E-state index contributed by atoms with van der Waals surface area (Å²) in [5.41, 5.74) is 1.83. The summed E-state index contributed by atoms with van der Waals surface area (Å²) in [6, 6.07) is 17.1. The monoisotopic (exact) mass is 362 g/mol. The molecule has 1 aromatic heterocycles. The van der Waals surface area contributed by atoms with Gasteiger partial charge in [0.2, 0.25) is 0 Å². The van der Waals surface area contributed by atoms with Crippen LogP contribution in [0.25, 0.3) is 0 Å². The SMILES string of the molecule is CC(C)Oc1ccccc1NC(=O)c1cnc(N(C)c2ccccc2)cn1. The molecule has 0 aliphatic heterocycles. The Balaban J connectivity index is 1.73. The maximum absolute atomic E-state index is 12.5. The number of amides is 1. The lowest BCUT2D eigenvalue weighted by atomic mass is 10.2. The quantitative estimate of drug-likeness (QED) is 0.709. The summed E-state index contributed by atoms with van der Waals surface area (Å²) in [4.78, 5) is 23.0. The zero-order chi connectivity index (χ0) is 19.2. The van der Waals surface area contributed by atoms with Gasteiger partial charge < -0.3 is 15.0 Å². The number of ether oxygens (including phenoxy) is 1. The average molecular weight is 362 g/mol. The molecule has 3 rings (SSSR count). The van der Waals surface area contributed by atoms with Gasteiger partial charge in [-0.25, -0.2) is 9.97 Å². The molecule has 0 bridgehead atoms. The van der Waals surface area contributed by atoms with Crippen LogP contribution in [0.5, 0.6) is 5.75 Å². The van der Waals surface area contributed by atoms with Crippen LogP contribution >= 0.6 is 0 Å². The number of carbonyl (C=O) groups is 1. The molecule has 1 amide bonds. The van der Waals surface area contributed by atoms with Crippen LogP contribution in [-0.4, -0.2) is 29.0 Å². The molecular formula is C21H22N4O2. The van der Waals surface area contributed by atoms with Gasteiger partial charge in [-0.15, -0.1) is 0 Å². The van der Waals surface area contributed by atoms with Crippen LogP contribution in [0, 0.1) is 0 Å². The molecule has 0 unspecified atom stereocenters. The van der Waals surface area contributed by atoms with Gasteiger partial charge in [-0.1, -0.05) is 30.3 Å². The molecule has 6 nitrogen and oxygen atoms in total. The summed E-state index contributed by atoms with van der Waals surface area (Å²) in [6.07, 6.45) is 3.06. The fourth-order valence-electron chi connectivity index (χ4n) is 2.51. The number of carbonyl (C=O) groups excluding carboxylic acids is 1. The molecule has 0 atom stereocenters. The van der Waals surface area contributed by atoms with Gasteiger partial charge in [-0.2, -0.15) is 0 Å². The minimum Gasteiger partial charge on any atom is -0.489 e. The molecule has 138 valence electrons. The van der Waals surface area contributed by atoms with Crippen molar-refractivity contribution in [2.24, 2.45) is 0 Å². The van der Waals surface area contributed by atoms with Crippen molar-refractivity contribution in [3.63, 3.8) is 0 Å². The lowest BCUT2D eigenvalue weighted by Gasteiger charge is -2.18. The molecule has 2 aromatic carbocycles. The number of hydrogen-bond donors (Lipinski definition) is 1. The number of nitrogens with one attached hydrogen (secondary N) is 1. The van der Waals surface area contributed by atoms with Gasteiger partial charge in [0.25, 0.3) is 5.91 Å². The Kier molecular flexibility index (Phi) is 5.66. The van der Waals surface area contributed by atoms with E-state index in [4.69, 9.17) is 4.74 Å². The van der Waals surface area contributed by atoms with Crippen molar-refractivity contribution >= 4 is 23.1 Å². The van der Waals surface area contributed by atoms with E-state index in [1.165, 1.54) is 6.20 Å². The topological polar surface area (TPSA) is 67.3 Å². The minimum atomic E-state index is -0.337. The molecule has 0 aliphatic carbocycles. The number of rotatable bonds is 6. The highest BCUT2D eigenvalue weighted by Crippen LogP contribution is 2.25. The average Bonchev–Trinajstić information content (AvgIpc) is 2.69. The number of aromatic nitrogens is 2. The number of hydrogen-bond acceptors (Lipinski definition) is 5. The van der Waals surface area contributed by atoms with Crippen molar-refractivity contribution < 1.29 is 9.53 Å². The third kappa shape index (κ3) is 4.61. The molecule has 27 heavy (non-hydrogen) atoms. The van der Waals surface area contributed by atoms with Gasteiger partial charge in [0.1, 0.15) is 11.4 Å². The van der Waals surface area contributed by atoms with E-state index in [1.54, 1.807) is 12.3 Å². The fourth-order valence-corrected chi connectivity index (χ4v) is 2.51. The summed E-state index contributed by atoms with van der Waals surface area (Å²) < 4.78 is 5.72. The first kappa shape index (κ1) is 18.4. The van der Waals surface area contributed by atoms with Gasteiger partial charge in [-0.3, -0.25) is 4.79 Å². The second-order valence-electron chi connectivity index (χ2n) is 6.27. The predicted molar refractivity (Wildman–Crippen MR) is 107 cm³/mol. The van der Waals surface area contributed by atoms with E-state index in [2.05, 4.69) is 15.3 Å². The minimum absolute atomic E-state index is 0.00986. The van der Waals surface area contributed by atoms with E-state index in [0.29, 0.717) is 17.3 Å². The smallest absolute Gasteiger partial charge is 0.275 e. The number of benzene rings is 2. The Labute approximate surface area is 158 Å². The van der Waals surface area contributed by atoms with Crippen LogP contribution in [0.1, 0.15) is 24.3 Å². The van der Waals surface area contributed by atoms with Crippen LogP contribution in [0.15, 0.2) is 67.0 Å². The molecule has 0 spiro atoms.